The van der Waals surface area contributed by atoms with Gasteiger partial charge in [-0.2, -0.15) is 0 Å². The molecule has 0 saturated heterocycles. The number of hydrogen-bond donors (Lipinski definition) is 1. The molecule has 2 N–H and O–H groups in total. The summed E-state index contributed by atoms with van der Waals surface area (Å²) < 4.78 is 15.8. The van der Waals surface area contributed by atoms with Crippen LogP contribution < -0.4 is 5.73 Å². The fraction of sp³-hybridized carbons (Fsp3) is 0.588. The fourth-order valence-corrected chi connectivity index (χ4v) is 4.58. The Kier molecular flexibility index (Phi) is 2.86. The molecule has 112 valence electrons. The second-order valence-corrected chi connectivity index (χ2v) is 7.00. The van der Waals surface area contributed by atoms with Crippen molar-refractivity contribution < 1.29 is 4.39 Å². The van der Waals surface area contributed by atoms with Gasteiger partial charge in [-0.25, -0.2) is 9.37 Å². The molecular formula is C17H22FN3. The molecule has 2 aliphatic rings. The number of hydrogen-bond acceptors (Lipinski definition) is 2. The van der Waals surface area contributed by atoms with Crippen LogP contribution in [0.3, 0.4) is 0 Å². The third-order valence-corrected chi connectivity index (χ3v) is 5.47. The number of benzene rings is 1. The third-order valence-electron chi connectivity index (χ3n) is 5.47. The van der Waals surface area contributed by atoms with E-state index in [1.54, 1.807) is 12.1 Å². The topological polar surface area (TPSA) is 43.8 Å². The molecule has 4 atom stereocenters. The maximum absolute atomic E-state index is 13.6. The number of halogens is 1. The highest BCUT2D eigenvalue weighted by Gasteiger charge is 2.48. The Morgan fingerprint density at radius 2 is 2.05 bits per heavy atom. The number of fused-ring (bicyclic) bond motifs is 3. The highest BCUT2D eigenvalue weighted by Crippen LogP contribution is 2.52. The molecule has 0 radical (unpaired) electrons. The first-order valence-electron chi connectivity index (χ1n) is 7.99. The second-order valence-electron chi connectivity index (χ2n) is 7.00. The van der Waals surface area contributed by atoms with Gasteiger partial charge in [-0.05, 0) is 63.1 Å². The first-order valence-corrected chi connectivity index (χ1v) is 7.99. The Labute approximate surface area is 124 Å². The molecular weight excluding hydrogens is 265 g/mol. The average molecular weight is 287 g/mol. The lowest BCUT2D eigenvalue weighted by atomic mass is 9.84. The van der Waals surface area contributed by atoms with Crippen molar-refractivity contribution in [2.45, 2.75) is 51.1 Å². The van der Waals surface area contributed by atoms with E-state index in [2.05, 4.69) is 18.4 Å². The number of rotatable bonds is 2. The Hall–Kier alpha value is -1.42. The van der Waals surface area contributed by atoms with E-state index >= 15 is 0 Å². The first kappa shape index (κ1) is 13.3. The van der Waals surface area contributed by atoms with Gasteiger partial charge < -0.3 is 10.3 Å². The molecule has 4 heteroatoms. The van der Waals surface area contributed by atoms with Crippen molar-refractivity contribution in [3.05, 3.63) is 29.8 Å². The Morgan fingerprint density at radius 1 is 1.29 bits per heavy atom. The lowest BCUT2D eigenvalue weighted by molar-refractivity contribution is 0.342. The number of aromatic nitrogens is 2. The zero-order chi connectivity index (χ0) is 14.7. The monoisotopic (exact) mass is 287 g/mol. The highest BCUT2D eigenvalue weighted by atomic mass is 19.1. The fourth-order valence-electron chi connectivity index (χ4n) is 4.58. The van der Waals surface area contributed by atoms with Crippen molar-refractivity contribution >= 4 is 11.0 Å². The van der Waals surface area contributed by atoms with E-state index in [0.717, 1.165) is 16.9 Å². The highest BCUT2D eigenvalue weighted by molar-refractivity contribution is 5.76. The molecule has 2 saturated carbocycles. The number of nitrogens with two attached hydrogens (primary N) is 1. The molecule has 2 bridgehead atoms. The van der Waals surface area contributed by atoms with E-state index in [1.165, 1.54) is 25.3 Å². The average Bonchev–Trinajstić information content (AvgIpc) is 3.09. The lowest BCUT2D eigenvalue weighted by Gasteiger charge is -2.29. The summed E-state index contributed by atoms with van der Waals surface area (Å²) in [6.07, 6.45) is 3.76. The maximum Gasteiger partial charge on any atom is 0.125 e. The van der Waals surface area contributed by atoms with Crippen LogP contribution in [0.15, 0.2) is 18.2 Å². The zero-order valence-corrected chi connectivity index (χ0v) is 12.6. The van der Waals surface area contributed by atoms with Crippen molar-refractivity contribution in [2.75, 3.05) is 0 Å². The van der Waals surface area contributed by atoms with Crippen molar-refractivity contribution in [1.29, 1.82) is 0 Å². The maximum atomic E-state index is 13.6. The summed E-state index contributed by atoms with van der Waals surface area (Å²) in [5.41, 5.74) is 8.27. The molecule has 2 fully saturated rings. The zero-order valence-electron chi connectivity index (χ0n) is 12.6. The van der Waals surface area contributed by atoms with Gasteiger partial charge in [0.05, 0.1) is 11.0 Å². The van der Waals surface area contributed by atoms with Gasteiger partial charge in [-0.15, -0.1) is 0 Å². The summed E-state index contributed by atoms with van der Waals surface area (Å²) in [6.45, 7) is 4.27. The van der Waals surface area contributed by atoms with Crippen LogP contribution in [0.25, 0.3) is 11.0 Å². The van der Waals surface area contributed by atoms with Gasteiger partial charge in [0.2, 0.25) is 0 Å². The predicted molar refractivity (Wildman–Crippen MR) is 81.6 cm³/mol. The molecule has 2 aromatic rings. The normalized spacial score (nSPS) is 31.7. The molecule has 2 aliphatic carbocycles. The Balaban J connectivity index is 1.90. The first-order chi connectivity index (χ1) is 10.1. The molecule has 0 spiro atoms. The Morgan fingerprint density at radius 3 is 2.71 bits per heavy atom. The molecule has 1 aromatic carbocycles. The summed E-state index contributed by atoms with van der Waals surface area (Å²) in [4.78, 5) is 4.84. The van der Waals surface area contributed by atoms with Gasteiger partial charge in [0.15, 0.2) is 0 Å². The van der Waals surface area contributed by atoms with Gasteiger partial charge in [-0.3, -0.25) is 0 Å². The second kappa shape index (κ2) is 4.54. The minimum Gasteiger partial charge on any atom is -0.327 e. The van der Waals surface area contributed by atoms with Crippen LogP contribution in [-0.2, 0) is 0 Å². The van der Waals surface area contributed by atoms with Crippen LogP contribution >= 0.6 is 0 Å². The van der Waals surface area contributed by atoms with E-state index in [0.29, 0.717) is 17.8 Å². The summed E-state index contributed by atoms with van der Waals surface area (Å²) in [6, 6.07) is 5.35. The van der Waals surface area contributed by atoms with Crippen molar-refractivity contribution in [1.82, 2.24) is 9.55 Å². The molecule has 3 nitrogen and oxygen atoms in total. The number of nitrogens with zero attached hydrogens (tertiary/aromatic N) is 2. The molecule has 0 amide bonds. The van der Waals surface area contributed by atoms with E-state index in [9.17, 15) is 4.39 Å². The standard InChI is InChI=1S/C17H22FN3/c1-9(2)21-14-8-12(18)5-6-13(14)20-17(21)15-10-3-4-11(7-10)16(15)19/h5-6,8-11,15-16H,3-4,7,19H2,1-2H3. The van der Waals surface area contributed by atoms with Crippen molar-refractivity contribution in [3.63, 3.8) is 0 Å². The van der Waals surface area contributed by atoms with Gasteiger partial charge in [0.1, 0.15) is 11.6 Å². The molecule has 21 heavy (non-hydrogen) atoms. The predicted octanol–water partition coefficient (Wildman–Crippen LogP) is 3.60. The van der Waals surface area contributed by atoms with E-state index in [4.69, 9.17) is 10.7 Å². The summed E-state index contributed by atoms with van der Waals surface area (Å²) in [5, 5.41) is 0. The smallest absolute Gasteiger partial charge is 0.125 e. The van der Waals surface area contributed by atoms with Crippen LogP contribution in [0.1, 0.15) is 50.9 Å². The van der Waals surface area contributed by atoms with E-state index < -0.39 is 0 Å². The minimum absolute atomic E-state index is 0.201. The molecule has 4 unspecified atom stereocenters. The van der Waals surface area contributed by atoms with Gasteiger partial charge in [0.25, 0.3) is 0 Å². The van der Waals surface area contributed by atoms with Crippen LogP contribution in [0.4, 0.5) is 4.39 Å². The van der Waals surface area contributed by atoms with Crippen LogP contribution in [-0.4, -0.2) is 15.6 Å². The minimum atomic E-state index is -0.201. The van der Waals surface area contributed by atoms with E-state index in [1.807, 2.05) is 0 Å². The number of imidazole rings is 1. The van der Waals surface area contributed by atoms with Crippen LogP contribution in [0.5, 0.6) is 0 Å². The van der Waals surface area contributed by atoms with Crippen LogP contribution in [0, 0.1) is 17.7 Å². The van der Waals surface area contributed by atoms with Gasteiger partial charge in [-0.1, -0.05) is 0 Å². The third kappa shape index (κ3) is 1.85. The molecule has 1 aromatic heterocycles. The summed E-state index contributed by atoms with van der Waals surface area (Å²) in [7, 11) is 0. The van der Waals surface area contributed by atoms with Crippen molar-refractivity contribution in [2.24, 2.45) is 17.6 Å². The summed E-state index contributed by atoms with van der Waals surface area (Å²) >= 11 is 0. The summed E-state index contributed by atoms with van der Waals surface area (Å²) in [5.74, 6) is 2.52. The molecule has 4 rings (SSSR count). The van der Waals surface area contributed by atoms with Crippen molar-refractivity contribution in [3.8, 4) is 0 Å². The lowest BCUT2D eigenvalue weighted by Crippen LogP contribution is -2.35. The largest absolute Gasteiger partial charge is 0.327 e. The SMILES string of the molecule is CC(C)n1c(C2C3CCC(C3)C2N)nc2ccc(F)cc21. The van der Waals surface area contributed by atoms with Crippen LogP contribution in [0.2, 0.25) is 0 Å². The quantitative estimate of drug-likeness (QED) is 0.917. The Bertz CT molecular complexity index is 689. The van der Waals surface area contributed by atoms with E-state index in [-0.39, 0.29) is 17.9 Å². The van der Waals surface area contributed by atoms with Gasteiger partial charge >= 0.3 is 0 Å². The molecule has 1 heterocycles. The molecule has 0 aliphatic heterocycles. The van der Waals surface area contributed by atoms with Gasteiger partial charge in [0, 0.05) is 18.0 Å².